The van der Waals surface area contributed by atoms with Crippen LogP contribution in [-0.4, -0.2) is 50.9 Å². The van der Waals surface area contributed by atoms with Gasteiger partial charge in [0.1, 0.15) is 17.2 Å². The number of halogens is 2. The molecule has 0 aliphatic carbocycles. The molecule has 37 heavy (non-hydrogen) atoms. The Morgan fingerprint density at radius 1 is 0.946 bits per heavy atom. The van der Waals surface area contributed by atoms with Crippen molar-refractivity contribution in [2.45, 2.75) is 25.8 Å². The molecule has 1 aliphatic rings. The topological polar surface area (TPSA) is 100 Å². The maximum atomic E-state index is 13.6. The Hall–Kier alpha value is -4.47. The molecule has 2 aromatic carbocycles. The summed E-state index contributed by atoms with van der Waals surface area (Å²) < 4.78 is 27.1. The van der Waals surface area contributed by atoms with E-state index in [4.69, 9.17) is 4.98 Å². The van der Waals surface area contributed by atoms with E-state index >= 15 is 0 Å². The van der Waals surface area contributed by atoms with Crippen molar-refractivity contribution in [2.75, 3.05) is 18.4 Å². The van der Waals surface area contributed by atoms with Crippen molar-refractivity contribution >= 4 is 28.8 Å². The lowest BCUT2D eigenvalue weighted by molar-refractivity contribution is -0.130. The number of rotatable bonds is 4. The van der Waals surface area contributed by atoms with Crippen LogP contribution < -0.4 is 10.6 Å². The van der Waals surface area contributed by atoms with Gasteiger partial charge in [-0.25, -0.2) is 28.5 Å². The van der Waals surface area contributed by atoms with Crippen LogP contribution in [-0.2, 0) is 4.79 Å². The van der Waals surface area contributed by atoms with E-state index in [0.717, 1.165) is 12.8 Å². The number of fused-ring (bicyclic) bond motifs is 1. The van der Waals surface area contributed by atoms with E-state index in [9.17, 15) is 18.4 Å². The Morgan fingerprint density at radius 3 is 2.19 bits per heavy atom. The van der Waals surface area contributed by atoms with Crippen LogP contribution >= 0.6 is 0 Å². The largest absolute Gasteiger partial charge is 0.341 e. The van der Waals surface area contributed by atoms with Crippen molar-refractivity contribution in [3.05, 3.63) is 72.4 Å². The van der Waals surface area contributed by atoms with Crippen molar-refractivity contribution in [3.63, 3.8) is 0 Å². The number of hydrogen-bond acceptors (Lipinski definition) is 5. The Labute approximate surface area is 211 Å². The first-order valence-electron chi connectivity index (χ1n) is 11.9. The van der Waals surface area contributed by atoms with Crippen LogP contribution in [0.3, 0.4) is 0 Å². The van der Waals surface area contributed by atoms with E-state index in [1.807, 2.05) is 0 Å². The number of nitrogens with zero attached hydrogens (tertiary/aromatic N) is 4. The van der Waals surface area contributed by atoms with Gasteiger partial charge in [0.05, 0.1) is 23.3 Å². The zero-order valence-corrected chi connectivity index (χ0v) is 20.0. The molecule has 0 saturated carbocycles. The van der Waals surface area contributed by atoms with Gasteiger partial charge in [0, 0.05) is 37.2 Å². The van der Waals surface area contributed by atoms with Gasteiger partial charge < -0.3 is 15.5 Å². The summed E-state index contributed by atoms with van der Waals surface area (Å²) in [5, 5.41) is 5.67. The number of anilines is 1. The number of nitrogens with one attached hydrogen (secondary N) is 2. The molecule has 2 aromatic heterocycles. The SMILES string of the molecule is CC(=O)N1CCCC(NC(=O)Nc2cnc3nc(-c4ccc(F)cc4)c(-c4ccc(F)cc4)nc3c2)C1. The number of aromatic nitrogens is 3. The molecule has 1 atom stereocenters. The predicted molar refractivity (Wildman–Crippen MR) is 136 cm³/mol. The molecule has 1 saturated heterocycles. The number of benzene rings is 2. The third-order valence-corrected chi connectivity index (χ3v) is 6.22. The van der Waals surface area contributed by atoms with Crippen LogP contribution in [0.15, 0.2) is 60.8 Å². The smallest absolute Gasteiger partial charge is 0.319 e. The van der Waals surface area contributed by atoms with Crippen molar-refractivity contribution in [1.82, 2.24) is 25.2 Å². The van der Waals surface area contributed by atoms with Gasteiger partial charge in [0.2, 0.25) is 5.91 Å². The second-order valence-electron chi connectivity index (χ2n) is 8.90. The number of urea groups is 1. The molecule has 4 aromatic rings. The molecular formula is C27H24F2N6O2. The van der Waals surface area contributed by atoms with E-state index in [0.29, 0.717) is 52.5 Å². The van der Waals surface area contributed by atoms with E-state index in [-0.39, 0.29) is 23.6 Å². The first kappa shape index (κ1) is 24.2. The van der Waals surface area contributed by atoms with Crippen LogP contribution in [0.1, 0.15) is 19.8 Å². The molecule has 1 aliphatic heterocycles. The Bertz CT molecular complexity index is 1460. The summed E-state index contributed by atoms with van der Waals surface area (Å²) >= 11 is 0. The number of carbonyl (C=O) groups is 2. The van der Waals surface area contributed by atoms with Gasteiger partial charge in [0.15, 0.2) is 5.65 Å². The summed E-state index contributed by atoms with van der Waals surface area (Å²) in [5.41, 5.74) is 3.36. The van der Waals surface area contributed by atoms with Gasteiger partial charge >= 0.3 is 6.03 Å². The highest BCUT2D eigenvalue weighted by Gasteiger charge is 2.23. The molecular weight excluding hydrogens is 478 g/mol. The van der Waals surface area contributed by atoms with Crippen molar-refractivity contribution in [1.29, 1.82) is 0 Å². The average Bonchev–Trinajstić information content (AvgIpc) is 2.89. The quantitative estimate of drug-likeness (QED) is 0.419. The summed E-state index contributed by atoms with van der Waals surface area (Å²) in [6, 6.07) is 12.8. The zero-order chi connectivity index (χ0) is 25.9. The van der Waals surface area contributed by atoms with Gasteiger partial charge in [-0.1, -0.05) is 0 Å². The molecule has 10 heteroatoms. The molecule has 188 valence electrons. The van der Waals surface area contributed by atoms with Gasteiger partial charge in [0.25, 0.3) is 0 Å². The molecule has 0 spiro atoms. The van der Waals surface area contributed by atoms with Gasteiger partial charge in [-0.05, 0) is 67.4 Å². The normalized spacial score (nSPS) is 15.4. The number of piperidine rings is 1. The fourth-order valence-corrected chi connectivity index (χ4v) is 4.37. The van der Waals surface area contributed by atoms with E-state index in [1.54, 1.807) is 35.2 Å². The minimum absolute atomic E-state index is 0.0128. The number of likely N-dealkylation sites (tertiary alicyclic amines) is 1. The highest BCUT2D eigenvalue weighted by atomic mass is 19.1. The van der Waals surface area contributed by atoms with Crippen LogP contribution in [0.4, 0.5) is 19.3 Å². The van der Waals surface area contributed by atoms with Crippen molar-refractivity contribution < 1.29 is 18.4 Å². The predicted octanol–water partition coefficient (Wildman–Crippen LogP) is 4.77. The number of carbonyl (C=O) groups excluding carboxylic acids is 2. The van der Waals surface area contributed by atoms with Crippen LogP contribution in [0, 0.1) is 11.6 Å². The summed E-state index contributed by atoms with van der Waals surface area (Å²) in [5.74, 6) is -0.777. The molecule has 8 nitrogen and oxygen atoms in total. The van der Waals surface area contributed by atoms with Gasteiger partial charge in [-0.15, -0.1) is 0 Å². The van der Waals surface area contributed by atoms with Crippen LogP contribution in [0.2, 0.25) is 0 Å². The maximum absolute atomic E-state index is 13.6. The molecule has 0 radical (unpaired) electrons. The summed E-state index contributed by atoms with van der Waals surface area (Å²) in [4.78, 5) is 39.8. The Kier molecular flexibility index (Phi) is 6.72. The fraction of sp³-hybridized carbons (Fsp3) is 0.222. The van der Waals surface area contributed by atoms with Crippen LogP contribution in [0.25, 0.3) is 33.7 Å². The molecule has 1 unspecified atom stereocenters. The van der Waals surface area contributed by atoms with Crippen molar-refractivity contribution in [3.8, 4) is 22.5 Å². The lowest BCUT2D eigenvalue weighted by Crippen LogP contribution is -2.50. The second-order valence-corrected chi connectivity index (χ2v) is 8.90. The lowest BCUT2D eigenvalue weighted by Gasteiger charge is -2.32. The average molecular weight is 503 g/mol. The number of amides is 3. The minimum Gasteiger partial charge on any atom is -0.341 e. The first-order chi connectivity index (χ1) is 17.9. The fourth-order valence-electron chi connectivity index (χ4n) is 4.37. The summed E-state index contributed by atoms with van der Waals surface area (Å²) in [7, 11) is 0. The maximum Gasteiger partial charge on any atom is 0.319 e. The Balaban J connectivity index is 1.44. The lowest BCUT2D eigenvalue weighted by atomic mass is 10.0. The zero-order valence-electron chi connectivity index (χ0n) is 20.0. The molecule has 3 amide bonds. The minimum atomic E-state index is -0.411. The van der Waals surface area contributed by atoms with E-state index in [2.05, 4.69) is 20.6 Å². The van der Waals surface area contributed by atoms with Gasteiger partial charge in [-0.2, -0.15) is 0 Å². The molecule has 2 N–H and O–H groups in total. The standard InChI is InChI=1S/C27H24F2N6O2/c1-16(36)35-12-2-3-21(15-35)31-27(37)32-22-13-23-26(30-14-22)34-25(18-6-10-20(29)11-7-18)24(33-23)17-4-8-19(28)9-5-17/h4-11,13-14,21H,2-3,12,15H2,1H3,(H2,31,32,37). The van der Waals surface area contributed by atoms with Gasteiger partial charge in [-0.3, -0.25) is 4.79 Å². The first-order valence-corrected chi connectivity index (χ1v) is 11.9. The third kappa shape index (κ3) is 5.53. The summed E-state index contributed by atoms with van der Waals surface area (Å²) in [6.45, 7) is 2.68. The molecule has 3 heterocycles. The highest BCUT2D eigenvalue weighted by Crippen LogP contribution is 2.31. The second kappa shape index (κ2) is 10.3. The summed E-state index contributed by atoms with van der Waals surface area (Å²) in [6.07, 6.45) is 3.08. The van der Waals surface area contributed by atoms with E-state index in [1.165, 1.54) is 37.4 Å². The molecule has 1 fully saturated rings. The molecule has 5 rings (SSSR count). The number of pyridine rings is 1. The highest BCUT2D eigenvalue weighted by molar-refractivity contribution is 5.92. The molecule has 0 bridgehead atoms. The monoisotopic (exact) mass is 502 g/mol. The van der Waals surface area contributed by atoms with Crippen molar-refractivity contribution in [2.24, 2.45) is 0 Å². The van der Waals surface area contributed by atoms with E-state index < -0.39 is 6.03 Å². The third-order valence-electron chi connectivity index (χ3n) is 6.22. The number of hydrogen-bond donors (Lipinski definition) is 2. The Morgan fingerprint density at radius 2 is 1.57 bits per heavy atom. The van der Waals surface area contributed by atoms with Crippen LogP contribution in [0.5, 0.6) is 0 Å².